The van der Waals surface area contributed by atoms with Crippen LogP contribution in [0.25, 0.3) is 0 Å². The van der Waals surface area contributed by atoms with Crippen molar-refractivity contribution in [3.8, 4) is 6.07 Å². The van der Waals surface area contributed by atoms with Gasteiger partial charge in [-0.1, -0.05) is 18.2 Å². The summed E-state index contributed by atoms with van der Waals surface area (Å²) in [7, 11) is -3.44. The number of sulfonamides is 1. The van der Waals surface area contributed by atoms with Crippen molar-refractivity contribution in [2.45, 2.75) is 24.5 Å². The fourth-order valence-corrected chi connectivity index (χ4v) is 5.69. The average Bonchev–Trinajstić information content (AvgIpc) is 3.13. The van der Waals surface area contributed by atoms with Gasteiger partial charge in [0, 0.05) is 19.6 Å². The first kappa shape index (κ1) is 16.8. The van der Waals surface area contributed by atoms with Gasteiger partial charge < -0.3 is 4.90 Å². The summed E-state index contributed by atoms with van der Waals surface area (Å²) in [5.41, 5.74) is 2.15. The first-order valence-electron chi connectivity index (χ1n) is 8.68. The summed E-state index contributed by atoms with van der Waals surface area (Å²) in [6.45, 7) is 1.64. The van der Waals surface area contributed by atoms with Crippen molar-refractivity contribution in [2.75, 3.05) is 28.8 Å². The number of fused-ring (bicyclic) bond motifs is 1. The summed E-state index contributed by atoms with van der Waals surface area (Å²) in [6, 6.07) is 13.0. The van der Waals surface area contributed by atoms with Crippen molar-refractivity contribution in [2.24, 2.45) is 0 Å². The Morgan fingerprint density at radius 3 is 2.73 bits per heavy atom. The molecule has 1 fully saturated rings. The number of piperidine rings is 1. The van der Waals surface area contributed by atoms with Crippen molar-refractivity contribution in [1.82, 2.24) is 10.2 Å². The zero-order valence-corrected chi connectivity index (χ0v) is 15.1. The molecule has 1 atom stereocenters. The van der Waals surface area contributed by atoms with E-state index in [1.54, 1.807) is 16.4 Å². The first-order chi connectivity index (χ1) is 12.6. The zero-order chi connectivity index (χ0) is 18.1. The largest absolute Gasteiger partial charge is 0.354 e. The SMILES string of the molecule is N#Cc1ccc(N2CCC[C@H](S(=O)(=O)N3CCc4ccccc43)C2)nn1. The second-order valence-corrected chi connectivity index (χ2v) is 8.73. The maximum absolute atomic E-state index is 13.2. The van der Waals surface area contributed by atoms with Gasteiger partial charge >= 0.3 is 0 Å². The van der Waals surface area contributed by atoms with Gasteiger partial charge in [-0.15, -0.1) is 10.2 Å². The molecule has 0 saturated carbocycles. The van der Waals surface area contributed by atoms with Gasteiger partial charge in [0.2, 0.25) is 10.0 Å². The highest BCUT2D eigenvalue weighted by atomic mass is 32.2. The van der Waals surface area contributed by atoms with E-state index in [1.165, 1.54) is 0 Å². The molecule has 4 rings (SSSR count). The molecule has 2 aliphatic rings. The van der Waals surface area contributed by atoms with Crippen LogP contribution in [0.2, 0.25) is 0 Å². The molecule has 26 heavy (non-hydrogen) atoms. The molecular weight excluding hydrogens is 350 g/mol. The maximum Gasteiger partial charge on any atom is 0.239 e. The highest BCUT2D eigenvalue weighted by Gasteiger charge is 2.38. The predicted octanol–water partition coefficient (Wildman–Crippen LogP) is 1.71. The van der Waals surface area contributed by atoms with Crippen molar-refractivity contribution in [3.05, 3.63) is 47.7 Å². The number of rotatable bonds is 3. The van der Waals surface area contributed by atoms with Gasteiger partial charge in [0.25, 0.3) is 0 Å². The Morgan fingerprint density at radius 2 is 1.96 bits per heavy atom. The quantitative estimate of drug-likeness (QED) is 0.818. The van der Waals surface area contributed by atoms with E-state index in [0.29, 0.717) is 25.3 Å². The van der Waals surface area contributed by atoms with E-state index in [9.17, 15) is 8.42 Å². The van der Waals surface area contributed by atoms with Crippen LogP contribution < -0.4 is 9.21 Å². The van der Waals surface area contributed by atoms with E-state index >= 15 is 0 Å². The lowest BCUT2D eigenvalue weighted by Crippen LogP contribution is -2.48. The zero-order valence-electron chi connectivity index (χ0n) is 14.2. The summed E-state index contributed by atoms with van der Waals surface area (Å²) in [4.78, 5) is 1.95. The van der Waals surface area contributed by atoms with Crippen molar-refractivity contribution >= 4 is 21.5 Å². The van der Waals surface area contributed by atoms with Crippen LogP contribution in [-0.4, -0.2) is 43.5 Å². The van der Waals surface area contributed by atoms with Crippen LogP contribution in [0.3, 0.4) is 0 Å². The normalized spacial score (nSPS) is 19.9. The van der Waals surface area contributed by atoms with E-state index in [1.807, 2.05) is 35.2 Å². The third kappa shape index (κ3) is 2.88. The molecule has 7 nitrogen and oxygen atoms in total. The summed E-state index contributed by atoms with van der Waals surface area (Å²) in [5.74, 6) is 0.616. The molecule has 1 saturated heterocycles. The number of hydrogen-bond acceptors (Lipinski definition) is 6. The van der Waals surface area contributed by atoms with E-state index < -0.39 is 15.3 Å². The third-order valence-corrected chi connectivity index (χ3v) is 7.26. The summed E-state index contributed by atoms with van der Waals surface area (Å²) in [5, 5.41) is 16.3. The number of anilines is 2. The molecule has 0 N–H and O–H groups in total. The summed E-state index contributed by atoms with van der Waals surface area (Å²) >= 11 is 0. The minimum absolute atomic E-state index is 0.253. The first-order valence-corrected chi connectivity index (χ1v) is 10.2. The second kappa shape index (κ2) is 6.57. The maximum atomic E-state index is 13.2. The molecule has 3 heterocycles. The van der Waals surface area contributed by atoms with Crippen LogP contribution in [0.15, 0.2) is 36.4 Å². The molecule has 0 radical (unpaired) electrons. The lowest BCUT2D eigenvalue weighted by atomic mass is 10.1. The molecule has 1 aromatic carbocycles. The van der Waals surface area contributed by atoms with E-state index in [-0.39, 0.29) is 5.69 Å². The number of aromatic nitrogens is 2. The molecule has 1 aromatic heterocycles. The number of nitriles is 1. The lowest BCUT2D eigenvalue weighted by molar-refractivity contribution is 0.526. The molecule has 2 aromatic rings. The van der Waals surface area contributed by atoms with Gasteiger partial charge in [0.1, 0.15) is 6.07 Å². The van der Waals surface area contributed by atoms with Crippen LogP contribution in [0, 0.1) is 11.3 Å². The molecule has 8 heteroatoms. The average molecular weight is 369 g/mol. The van der Waals surface area contributed by atoms with Crippen LogP contribution >= 0.6 is 0 Å². The van der Waals surface area contributed by atoms with Gasteiger partial charge in [-0.25, -0.2) is 8.42 Å². The van der Waals surface area contributed by atoms with E-state index in [0.717, 1.165) is 30.6 Å². The number of hydrogen-bond donors (Lipinski definition) is 0. The Balaban J connectivity index is 1.56. The molecule has 0 amide bonds. The fourth-order valence-electron chi connectivity index (χ4n) is 3.70. The number of para-hydroxylation sites is 1. The molecular formula is C18H19N5O2S. The van der Waals surface area contributed by atoms with Crippen molar-refractivity contribution in [3.63, 3.8) is 0 Å². The molecule has 2 aliphatic heterocycles. The van der Waals surface area contributed by atoms with Crippen LogP contribution in [0.1, 0.15) is 24.1 Å². The molecule has 0 bridgehead atoms. The number of benzene rings is 1. The Labute approximate surface area is 152 Å². The van der Waals surface area contributed by atoms with Crippen molar-refractivity contribution in [1.29, 1.82) is 5.26 Å². The minimum Gasteiger partial charge on any atom is -0.354 e. The Bertz CT molecular complexity index is 952. The summed E-state index contributed by atoms with van der Waals surface area (Å²) < 4.78 is 28.1. The fraction of sp³-hybridized carbons (Fsp3) is 0.389. The van der Waals surface area contributed by atoms with E-state index in [2.05, 4.69) is 10.2 Å². The third-order valence-electron chi connectivity index (χ3n) is 5.04. The minimum atomic E-state index is -3.44. The predicted molar refractivity (Wildman–Crippen MR) is 98.4 cm³/mol. The van der Waals surface area contributed by atoms with Gasteiger partial charge in [-0.3, -0.25) is 4.31 Å². The standard InChI is InChI=1S/C18H19N5O2S/c19-12-15-7-8-18(21-20-15)22-10-3-5-16(13-22)26(24,25)23-11-9-14-4-1-2-6-17(14)23/h1-2,4,6-8,16H,3,5,9-11,13H2/t16-/m0/s1. The lowest BCUT2D eigenvalue weighted by Gasteiger charge is -2.35. The molecule has 0 spiro atoms. The van der Waals surface area contributed by atoms with E-state index in [4.69, 9.17) is 5.26 Å². The Morgan fingerprint density at radius 1 is 1.12 bits per heavy atom. The second-order valence-electron chi connectivity index (χ2n) is 6.59. The smallest absolute Gasteiger partial charge is 0.239 e. The molecule has 134 valence electrons. The Kier molecular flexibility index (Phi) is 4.24. The monoisotopic (exact) mass is 369 g/mol. The van der Waals surface area contributed by atoms with Gasteiger partial charge in [0.05, 0.1) is 10.9 Å². The van der Waals surface area contributed by atoms with Gasteiger partial charge in [-0.2, -0.15) is 5.26 Å². The Hall–Kier alpha value is -2.66. The molecule has 0 aliphatic carbocycles. The van der Waals surface area contributed by atoms with Crippen LogP contribution in [-0.2, 0) is 16.4 Å². The van der Waals surface area contributed by atoms with Crippen LogP contribution in [0.5, 0.6) is 0 Å². The highest BCUT2D eigenvalue weighted by molar-refractivity contribution is 7.93. The summed E-state index contributed by atoms with van der Waals surface area (Å²) in [6.07, 6.45) is 2.18. The molecule has 0 unspecified atom stereocenters. The van der Waals surface area contributed by atoms with Crippen LogP contribution in [0.4, 0.5) is 11.5 Å². The van der Waals surface area contributed by atoms with Gasteiger partial charge in [0.15, 0.2) is 11.5 Å². The van der Waals surface area contributed by atoms with Crippen molar-refractivity contribution < 1.29 is 8.42 Å². The highest BCUT2D eigenvalue weighted by Crippen LogP contribution is 2.33. The topological polar surface area (TPSA) is 90.2 Å². The van der Waals surface area contributed by atoms with Gasteiger partial charge in [-0.05, 0) is 43.0 Å². The number of nitrogens with zero attached hydrogens (tertiary/aromatic N) is 5.